The molecule has 0 bridgehead atoms. The Balaban J connectivity index is 1.80. The van der Waals surface area contributed by atoms with E-state index in [9.17, 15) is 0 Å². The molecule has 0 saturated carbocycles. The van der Waals surface area contributed by atoms with E-state index in [2.05, 4.69) is 56.0 Å². The number of hydrogen-bond acceptors (Lipinski definition) is 2. The first-order valence-electron chi connectivity index (χ1n) is 7.82. The normalized spacial score (nSPS) is 10.8. The molecular formula is C19H24S2. The second kappa shape index (κ2) is 9.22. The monoisotopic (exact) mass is 316 g/mol. The molecule has 0 fully saturated rings. The van der Waals surface area contributed by atoms with Gasteiger partial charge in [-0.2, -0.15) is 0 Å². The molecule has 0 aromatic heterocycles. The van der Waals surface area contributed by atoms with Crippen LogP contribution in [0.2, 0.25) is 0 Å². The fraction of sp³-hybridized carbons (Fsp3) is 0.368. The van der Waals surface area contributed by atoms with Gasteiger partial charge in [0.25, 0.3) is 0 Å². The van der Waals surface area contributed by atoms with E-state index in [1.165, 1.54) is 53.9 Å². The third kappa shape index (κ3) is 5.80. The summed E-state index contributed by atoms with van der Waals surface area (Å²) in [7, 11) is 0. The Morgan fingerprint density at radius 3 is 1.95 bits per heavy atom. The maximum Gasteiger partial charge on any atom is 0.00723 e. The summed E-state index contributed by atoms with van der Waals surface area (Å²) < 4.78 is 0. The van der Waals surface area contributed by atoms with Gasteiger partial charge in [-0.25, -0.2) is 0 Å². The van der Waals surface area contributed by atoms with Gasteiger partial charge in [0.15, 0.2) is 0 Å². The van der Waals surface area contributed by atoms with Crippen LogP contribution in [0.25, 0.3) is 11.1 Å². The lowest BCUT2D eigenvalue weighted by Crippen LogP contribution is -1.83. The van der Waals surface area contributed by atoms with Gasteiger partial charge in [0.1, 0.15) is 0 Å². The first-order valence-corrected chi connectivity index (χ1v) is 9.25. The van der Waals surface area contributed by atoms with Crippen molar-refractivity contribution in [3.8, 4) is 11.1 Å². The SMILES string of the molecule is CCCCCCCSc1ccc(-c2ccc(S)cc2)cc1. The standard InChI is InChI=1S/C19H24S2/c1-2-3-4-5-6-15-21-19-13-9-17(10-14-19)16-7-11-18(20)12-8-16/h7-14,20H,2-6,15H2,1H3. The molecule has 2 aromatic carbocycles. The molecule has 21 heavy (non-hydrogen) atoms. The minimum absolute atomic E-state index is 1.01. The van der Waals surface area contributed by atoms with Crippen molar-refractivity contribution in [3.05, 3.63) is 48.5 Å². The van der Waals surface area contributed by atoms with E-state index in [1.807, 2.05) is 23.9 Å². The van der Waals surface area contributed by atoms with Gasteiger partial charge in [-0.15, -0.1) is 24.4 Å². The van der Waals surface area contributed by atoms with Crippen LogP contribution in [0, 0.1) is 0 Å². The van der Waals surface area contributed by atoms with Crippen LogP contribution < -0.4 is 0 Å². The highest BCUT2D eigenvalue weighted by Crippen LogP contribution is 2.25. The van der Waals surface area contributed by atoms with E-state index in [-0.39, 0.29) is 0 Å². The summed E-state index contributed by atoms with van der Waals surface area (Å²) in [6.45, 7) is 2.26. The van der Waals surface area contributed by atoms with E-state index in [1.54, 1.807) is 0 Å². The second-order valence-electron chi connectivity index (χ2n) is 5.33. The lowest BCUT2D eigenvalue weighted by molar-refractivity contribution is 0.659. The molecule has 0 amide bonds. The Hall–Kier alpha value is -0.860. The summed E-state index contributed by atoms with van der Waals surface area (Å²) in [6.07, 6.45) is 6.79. The van der Waals surface area contributed by atoms with Gasteiger partial charge in [-0.3, -0.25) is 0 Å². The minimum Gasteiger partial charge on any atom is -0.143 e. The summed E-state index contributed by atoms with van der Waals surface area (Å²) in [5.41, 5.74) is 2.53. The van der Waals surface area contributed by atoms with Crippen molar-refractivity contribution >= 4 is 24.4 Å². The van der Waals surface area contributed by atoms with Crippen molar-refractivity contribution in [2.45, 2.75) is 48.8 Å². The van der Waals surface area contributed by atoms with Crippen LogP contribution in [0.1, 0.15) is 39.0 Å². The van der Waals surface area contributed by atoms with Crippen LogP contribution >= 0.6 is 24.4 Å². The van der Waals surface area contributed by atoms with Crippen LogP contribution in [-0.4, -0.2) is 5.75 Å². The molecule has 2 heteroatoms. The molecule has 0 aliphatic carbocycles. The van der Waals surface area contributed by atoms with Crippen molar-refractivity contribution in [1.82, 2.24) is 0 Å². The van der Waals surface area contributed by atoms with Crippen LogP contribution in [0.5, 0.6) is 0 Å². The van der Waals surface area contributed by atoms with Gasteiger partial charge >= 0.3 is 0 Å². The Bertz CT molecular complexity index is 514. The van der Waals surface area contributed by atoms with E-state index < -0.39 is 0 Å². The number of thioether (sulfide) groups is 1. The van der Waals surface area contributed by atoms with E-state index >= 15 is 0 Å². The number of unbranched alkanes of at least 4 members (excludes halogenated alkanes) is 4. The van der Waals surface area contributed by atoms with Crippen molar-refractivity contribution in [1.29, 1.82) is 0 Å². The predicted molar refractivity (Wildman–Crippen MR) is 98.6 cm³/mol. The smallest absolute Gasteiger partial charge is 0.00723 e. The molecule has 0 unspecified atom stereocenters. The van der Waals surface area contributed by atoms with Crippen molar-refractivity contribution in [2.75, 3.05) is 5.75 Å². The maximum absolute atomic E-state index is 4.33. The zero-order valence-electron chi connectivity index (χ0n) is 12.7. The molecule has 0 heterocycles. The average molecular weight is 317 g/mol. The second-order valence-corrected chi connectivity index (χ2v) is 7.02. The molecular weight excluding hydrogens is 292 g/mol. The molecule has 0 aliphatic rings. The molecule has 0 radical (unpaired) electrons. The first-order chi connectivity index (χ1) is 10.3. The summed E-state index contributed by atoms with van der Waals surface area (Å²) in [4.78, 5) is 2.38. The Labute approximate surface area is 138 Å². The lowest BCUT2D eigenvalue weighted by Gasteiger charge is -2.05. The van der Waals surface area contributed by atoms with Crippen LogP contribution in [-0.2, 0) is 0 Å². The largest absolute Gasteiger partial charge is 0.143 e. The highest BCUT2D eigenvalue weighted by atomic mass is 32.2. The van der Waals surface area contributed by atoms with Gasteiger partial charge < -0.3 is 0 Å². The molecule has 0 aliphatic heterocycles. The Kier molecular flexibility index (Phi) is 7.25. The summed E-state index contributed by atoms with van der Waals surface area (Å²) in [5.74, 6) is 1.23. The topological polar surface area (TPSA) is 0 Å². The summed E-state index contributed by atoms with van der Waals surface area (Å²) in [6, 6.07) is 17.2. The quantitative estimate of drug-likeness (QED) is 0.321. The molecule has 2 aromatic rings. The zero-order chi connectivity index (χ0) is 14.9. The number of thiol groups is 1. The Morgan fingerprint density at radius 2 is 1.33 bits per heavy atom. The first kappa shape index (κ1) is 16.5. The zero-order valence-corrected chi connectivity index (χ0v) is 14.4. The maximum atomic E-state index is 4.33. The number of benzene rings is 2. The van der Waals surface area contributed by atoms with Crippen LogP contribution in [0.4, 0.5) is 0 Å². The minimum atomic E-state index is 1.01. The molecule has 0 saturated heterocycles. The van der Waals surface area contributed by atoms with Crippen LogP contribution in [0.3, 0.4) is 0 Å². The fourth-order valence-corrected chi connectivity index (χ4v) is 3.35. The Morgan fingerprint density at radius 1 is 0.762 bits per heavy atom. The molecule has 2 rings (SSSR count). The van der Waals surface area contributed by atoms with Gasteiger partial charge in [-0.05, 0) is 47.6 Å². The van der Waals surface area contributed by atoms with Crippen molar-refractivity contribution < 1.29 is 0 Å². The summed E-state index contributed by atoms with van der Waals surface area (Å²) in [5, 5.41) is 0. The number of rotatable bonds is 8. The molecule has 112 valence electrons. The van der Waals surface area contributed by atoms with E-state index in [4.69, 9.17) is 0 Å². The van der Waals surface area contributed by atoms with Crippen molar-refractivity contribution in [3.63, 3.8) is 0 Å². The van der Waals surface area contributed by atoms with Gasteiger partial charge in [0.05, 0.1) is 0 Å². The number of hydrogen-bond donors (Lipinski definition) is 1. The predicted octanol–water partition coefficient (Wildman–Crippen LogP) is 6.70. The molecule has 0 spiro atoms. The average Bonchev–Trinajstić information content (AvgIpc) is 2.52. The van der Waals surface area contributed by atoms with E-state index in [0.717, 1.165) is 4.90 Å². The fourth-order valence-electron chi connectivity index (χ4n) is 2.29. The summed E-state index contributed by atoms with van der Waals surface area (Å²) >= 11 is 6.30. The lowest BCUT2D eigenvalue weighted by atomic mass is 10.1. The highest BCUT2D eigenvalue weighted by Gasteiger charge is 1.99. The molecule has 0 atom stereocenters. The van der Waals surface area contributed by atoms with Gasteiger partial charge in [-0.1, -0.05) is 56.9 Å². The van der Waals surface area contributed by atoms with Crippen molar-refractivity contribution in [2.24, 2.45) is 0 Å². The molecule has 0 N–H and O–H groups in total. The van der Waals surface area contributed by atoms with E-state index in [0.29, 0.717) is 0 Å². The third-order valence-electron chi connectivity index (χ3n) is 3.57. The van der Waals surface area contributed by atoms with Gasteiger partial charge in [0.2, 0.25) is 0 Å². The van der Waals surface area contributed by atoms with Gasteiger partial charge in [0, 0.05) is 9.79 Å². The highest BCUT2D eigenvalue weighted by molar-refractivity contribution is 7.99. The third-order valence-corrected chi connectivity index (χ3v) is 4.97. The van der Waals surface area contributed by atoms with Crippen LogP contribution in [0.15, 0.2) is 58.3 Å². The molecule has 0 nitrogen and oxygen atoms in total.